The molecular weight excluding hydrogens is 1800 g/mol. The normalized spacial score (nSPS) is 11.0. The molecule has 0 aromatic heterocycles. The first-order valence-corrected chi connectivity index (χ1v) is 45.5. The highest BCUT2D eigenvalue weighted by molar-refractivity contribution is 5.99. The number of esters is 4. The standard InChI is InChI=1S/C40H33F3N2O7.C39H44N2O7.C34H34N2O5/c1-25-3-7-27(8-4-25)28-9-11-30(12-10-28)39(50)52-33-18-5-26(6-19-33)23-45(24-37(47)48)38(49)29-13-16-32(17-14-29)44-36(46)21-31-15-20-34(51-2)22-35(31)40(41,42)43;1-3-4-5-6-7-24-47-35-22-14-32(15-23-35)39(45)48-36-20-12-31(13-21-36)27-41(28-38(43)44)26-30-8-16-33(17-9-30)40-37(42)25-29-10-18-34(46-2)19-11-29;1-23-5-9-25(10-6-23)26-11-13-28(14-12-26)33(39)40-30-19-7-24(8-20-30)21-36(22-31(37)41-34(2,3)4)32(38)27-15-17-29(35)18-16-27/h3-20,22H,21,23-24H2,1-2H3,(H,44,46)(H,47,48);8-23H,3-7,24-28H2,1-2H3,(H,40,42)(H,43,44);5-20H,21-22,35H2,1-4H3. The largest absolute Gasteiger partial charge is 0.497 e. The van der Waals surface area contributed by atoms with Crippen molar-refractivity contribution in [2.24, 2.45) is 0 Å². The Labute approximate surface area is 816 Å². The zero-order valence-corrected chi connectivity index (χ0v) is 79.4. The molecule has 0 radical (unpaired) electrons. The van der Waals surface area contributed by atoms with Gasteiger partial charge in [0.15, 0.2) is 0 Å². The molecule has 28 heteroatoms. The van der Waals surface area contributed by atoms with Crippen LogP contribution in [0, 0.1) is 13.8 Å². The molecule has 0 saturated heterocycles. The number of methoxy groups -OCH3 is 2. The number of rotatable bonds is 39. The van der Waals surface area contributed by atoms with Gasteiger partial charge in [-0.2, -0.15) is 13.2 Å². The Morgan fingerprint density at radius 3 is 1.13 bits per heavy atom. The van der Waals surface area contributed by atoms with Crippen molar-refractivity contribution in [2.45, 2.75) is 124 Å². The van der Waals surface area contributed by atoms with Gasteiger partial charge < -0.3 is 69.5 Å². The van der Waals surface area contributed by atoms with Crippen LogP contribution in [0.25, 0.3) is 22.3 Å². The zero-order chi connectivity index (χ0) is 101. The lowest BCUT2D eigenvalue weighted by atomic mass is 10.0. The summed E-state index contributed by atoms with van der Waals surface area (Å²) in [5.74, 6) is -3.52. The second kappa shape index (κ2) is 51.1. The van der Waals surface area contributed by atoms with E-state index in [1.807, 2.05) is 135 Å². The Hall–Kier alpha value is -16.5. The summed E-state index contributed by atoms with van der Waals surface area (Å²) in [6.45, 7) is 12.0. The van der Waals surface area contributed by atoms with E-state index in [1.165, 1.54) is 73.2 Å². The van der Waals surface area contributed by atoms with Crippen molar-refractivity contribution in [1.29, 1.82) is 0 Å². The Bertz CT molecular complexity index is 6390. The lowest BCUT2D eigenvalue weighted by molar-refractivity contribution is -0.155. The van der Waals surface area contributed by atoms with Gasteiger partial charge in [-0.05, 0) is 267 Å². The highest BCUT2D eigenvalue weighted by atomic mass is 19.4. The number of unbranched alkanes of at least 4 members (excludes halogenated alkanes) is 4. The number of nitrogen functional groups attached to an aromatic ring is 1. The molecule has 0 bridgehead atoms. The van der Waals surface area contributed by atoms with Gasteiger partial charge in [0.1, 0.15) is 53.2 Å². The van der Waals surface area contributed by atoms with Gasteiger partial charge in [0, 0.05) is 54.4 Å². The molecular formula is C113H111F3N6O19. The number of amides is 4. The lowest BCUT2D eigenvalue weighted by Crippen LogP contribution is -2.38. The number of nitrogens with two attached hydrogens (primary N) is 1. The predicted molar refractivity (Wildman–Crippen MR) is 532 cm³/mol. The first-order chi connectivity index (χ1) is 67.5. The second-order valence-corrected chi connectivity index (χ2v) is 34.3. The number of benzene rings is 13. The Morgan fingerprint density at radius 1 is 0.369 bits per heavy atom. The number of nitrogens with one attached hydrogen (secondary N) is 2. The third kappa shape index (κ3) is 34.0. The molecule has 0 aliphatic heterocycles. The number of alkyl halides is 3. The summed E-state index contributed by atoms with van der Waals surface area (Å²) in [6, 6.07) is 87.6. The molecule has 0 aliphatic carbocycles. The Kier molecular flexibility index (Phi) is 38.0. The number of hydrogen-bond acceptors (Lipinski definition) is 19. The van der Waals surface area contributed by atoms with Crippen molar-refractivity contribution in [3.63, 3.8) is 0 Å². The second-order valence-electron chi connectivity index (χ2n) is 34.3. The number of carbonyl (C=O) groups is 10. The van der Waals surface area contributed by atoms with E-state index in [0.717, 1.165) is 85.4 Å². The summed E-state index contributed by atoms with van der Waals surface area (Å²) in [6.07, 6.45) is 0.811. The average Bonchev–Trinajstić information content (AvgIpc) is 0.812. The van der Waals surface area contributed by atoms with Crippen LogP contribution in [-0.4, -0.2) is 130 Å². The minimum atomic E-state index is -4.70. The molecule has 25 nitrogen and oxygen atoms in total. The summed E-state index contributed by atoms with van der Waals surface area (Å²) < 4.78 is 78.5. The van der Waals surface area contributed by atoms with Crippen LogP contribution >= 0.6 is 0 Å². The molecule has 6 N–H and O–H groups in total. The van der Waals surface area contributed by atoms with Crippen molar-refractivity contribution >= 4 is 76.5 Å². The molecule has 0 atom stereocenters. The molecule has 13 aromatic rings. The van der Waals surface area contributed by atoms with Gasteiger partial charge in [-0.25, -0.2) is 14.4 Å². The van der Waals surface area contributed by atoms with E-state index in [0.29, 0.717) is 70.4 Å². The maximum absolute atomic E-state index is 13.5. The summed E-state index contributed by atoms with van der Waals surface area (Å²) >= 11 is 0. The minimum Gasteiger partial charge on any atom is -0.497 e. The van der Waals surface area contributed by atoms with Gasteiger partial charge in [0.25, 0.3) is 11.8 Å². The van der Waals surface area contributed by atoms with Gasteiger partial charge in [-0.15, -0.1) is 0 Å². The number of carboxylic acid groups (broad SMARTS) is 2. The Morgan fingerprint density at radius 2 is 0.716 bits per heavy atom. The van der Waals surface area contributed by atoms with Gasteiger partial charge in [-0.1, -0.05) is 183 Å². The average molecular weight is 1910 g/mol. The number of nitrogens with zero attached hydrogens (tertiary/aromatic N) is 3. The first kappa shape index (κ1) is 105. The number of hydrogen-bond donors (Lipinski definition) is 5. The summed E-state index contributed by atoms with van der Waals surface area (Å²) in [7, 11) is 2.84. The van der Waals surface area contributed by atoms with Gasteiger partial charge >= 0.3 is 42.0 Å². The van der Waals surface area contributed by atoms with E-state index in [1.54, 1.807) is 178 Å². The third-order valence-electron chi connectivity index (χ3n) is 21.9. The molecule has 4 amide bonds. The van der Waals surface area contributed by atoms with Crippen molar-refractivity contribution < 1.29 is 104 Å². The zero-order valence-electron chi connectivity index (χ0n) is 79.4. The van der Waals surface area contributed by atoms with Crippen molar-refractivity contribution in [1.82, 2.24) is 14.7 Å². The number of halogens is 3. The Balaban J connectivity index is 0.000000204. The predicted octanol–water partition coefficient (Wildman–Crippen LogP) is 21.8. The fourth-order valence-electron chi connectivity index (χ4n) is 14.6. The minimum absolute atomic E-state index is 0.00295. The van der Waals surface area contributed by atoms with Gasteiger partial charge in [0.2, 0.25) is 11.8 Å². The van der Waals surface area contributed by atoms with Crippen molar-refractivity contribution in [3.8, 4) is 56.8 Å². The van der Waals surface area contributed by atoms with E-state index < -0.39 is 77.9 Å². The highest BCUT2D eigenvalue weighted by Crippen LogP contribution is 2.36. The van der Waals surface area contributed by atoms with E-state index in [4.69, 9.17) is 38.9 Å². The SMILES string of the molecule is CCCCCCCOc1ccc(C(=O)Oc2ccc(CN(CC(=O)O)Cc3ccc(NC(=O)Cc4ccc(OC)cc4)cc3)cc2)cc1.COc1ccc(CC(=O)Nc2ccc(C(=O)N(CC(=O)O)Cc3ccc(OC(=O)c4ccc(-c5ccc(C)cc5)cc4)cc3)cc2)c(C(F)(F)F)c1.Cc1ccc(-c2ccc(C(=O)Oc3ccc(CN(CC(=O)OC(C)(C)C)C(=O)c4ccc(N)cc4)cc3)cc2)cc1. The van der Waals surface area contributed by atoms with E-state index in [2.05, 4.69) is 17.6 Å². The first-order valence-electron chi connectivity index (χ1n) is 45.5. The molecule has 13 rings (SSSR count). The number of aliphatic carboxylic acids is 2. The summed E-state index contributed by atoms with van der Waals surface area (Å²) in [4.78, 5) is 130. The van der Waals surface area contributed by atoms with Crippen LogP contribution in [0.1, 0.15) is 162 Å². The maximum atomic E-state index is 13.5. The number of ether oxygens (including phenoxy) is 7. The number of carboxylic acids is 2. The molecule has 141 heavy (non-hydrogen) atoms. The summed E-state index contributed by atoms with van der Waals surface area (Å²) in [5.41, 5.74) is 17.4. The smallest absolute Gasteiger partial charge is 0.416 e. The van der Waals surface area contributed by atoms with Crippen LogP contribution in [0.5, 0.6) is 34.5 Å². The maximum Gasteiger partial charge on any atom is 0.416 e. The van der Waals surface area contributed by atoms with Crippen molar-refractivity contribution in [2.75, 3.05) is 56.8 Å². The lowest BCUT2D eigenvalue weighted by Gasteiger charge is -2.25. The fraction of sp³-hybridized carbons (Fsp3) is 0.221. The van der Waals surface area contributed by atoms with Crippen molar-refractivity contribution in [3.05, 3.63) is 387 Å². The fourth-order valence-corrected chi connectivity index (χ4v) is 14.6. The number of carbonyl (C=O) groups excluding carboxylic acids is 8. The molecule has 0 saturated carbocycles. The molecule has 728 valence electrons. The topological polar surface area (TPSA) is 336 Å². The monoisotopic (exact) mass is 1910 g/mol. The number of anilines is 3. The van der Waals surface area contributed by atoms with E-state index in [9.17, 15) is 71.3 Å². The van der Waals surface area contributed by atoms with Crippen LogP contribution in [0.2, 0.25) is 0 Å². The molecule has 0 heterocycles. The molecule has 0 fully saturated rings. The molecule has 13 aromatic carbocycles. The van der Waals surface area contributed by atoms with Crippen LogP contribution in [-0.2, 0) is 73.9 Å². The third-order valence-corrected chi connectivity index (χ3v) is 21.9. The van der Waals surface area contributed by atoms with Gasteiger partial charge in [-0.3, -0.25) is 38.5 Å². The van der Waals surface area contributed by atoms with Crippen LogP contribution < -0.4 is 44.8 Å². The molecule has 0 spiro atoms. The van der Waals surface area contributed by atoms with Crippen LogP contribution in [0.3, 0.4) is 0 Å². The molecule has 0 unspecified atom stereocenters. The highest BCUT2D eigenvalue weighted by Gasteiger charge is 2.35. The van der Waals surface area contributed by atoms with Crippen LogP contribution in [0.15, 0.2) is 309 Å². The van der Waals surface area contributed by atoms with E-state index in [-0.39, 0.29) is 72.7 Å². The van der Waals surface area contributed by atoms with Crippen LogP contribution in [0.4, 0.5) is 30.2 Å². The number of aryl methyl sites for hydroxylation is 2. The summed E-state index contributed by atoms with van der Waals surface area (Å²) in [5, 5.41) is 24.4. The van der Waals surface area contributed by atoms with E-state index >= 15 is 0 Å². The van der Waals surface area contributed by atoms with Gasteiger partial charge in [0.05, 0.1) is 62.5 Å². The molecule has 0 aliphatic rings. The quantitative estimate of drug-likeness (QED) is 0.0103.